The summed E-state index contributed by atoms with van der Waals surface area (Å²) in [6.07, 6.45) is 0. The van der Waals surface area contributed by atoms with Gasteiger partial charge in [-0.2, -0.15) is 0 Å². The predicted octanol–water partition coefficient (Wildman–Crippen LogP) is 6.01. The first-order chi connectivity index (χ1) is 10.6. The molecule has 110 valence electrons. The molecule has 1 fully saturated rings. The average molecular weight is 324 g/mol. The number of nitrogens with zero attached hydrogens (tertiary/aromatic N) is 2. The van der Waals surface area contributed by atoms with Crippen LogP contribution in [0.1, 0.15) is 11.1 Å². The van der Waals surface area contributed by atoms with Crippen LogP contribution in [0, 0.1) is 13.8 Å². The molecule has 0 saturated carbocycles. The van der Waals surface area contributed by atoms with Gasteiger partial charge >= 0.3 is 0 Å². The Morgan fingerprint density at radius 2 is 1.05 bits per heavy atom. The summed E-state index contributed by atoms with van der Waals surface area (Å²) in [5.74, 6) is 0. The summed E-state index contributed by atoms with van der Waals surface area (Å²) >= 11 is 3.17. The minimum Gasteiger partial charge on any atom is -0.239 e. The molecule has 2 aromatic carbocycles. The second-order valence-electron chi connectivity index (χ2n) is 5.08. The molecule has 0 aliphatic carbocycles. The highest BCUT2D eigenvalue weighted by Crippen LogP contribution is 2.41. The van der Waals surface area contributed by atoms with Crippen LogP contribution in [0.15, 0.2) is 69.3 Å². The van der Waals surface area contributed by atoms with Crippen LogP contribution in [-0.2, 0) is 0 Å². The van der Waals surface area contributed by atoms with Gasteiger partial charge in [-0.1, -0.05) is 65.5 Å². The lowest BCUT2D eigenvalue weighted by Crippen LogP contribution is -1.98. The van der Waals surface area contributed by atoms with Gasteiger partial charge in [0.2, 0.25) is 0 Å². The van der Waals surface area contributed by atoms with E-state index in [0.29, 0.717) is 0 Å². The molecule has 0 amide bonds. The van der Waals surface area contributed by atoms with Gasteiger partial charge in [0.1, 0.15) is 10.1 Å². The van der Waals surface area contributed by atoms with E-state index in [1.165, 1.54) is 11.1 Å². The van der Waals surface area contributed by atoms with Crippen LogP contribution in [0.4, 0.5) is 11.4 Å². The number of hydrogen-bond donors (Lipinski definition) is 0. The van der Waals surface area contributed by atoms with Crippen LogP contribution in [0.3, 0.4) is 0 Å². The van der Waals surface area contributed by atoms with Gasteiger partial charge in [-0.3, -0.25) is 0 Å². The fourth-order valence-corrected chi connectivity index (χ4v) is 3.83. The molecule has 1 saturated heterocycles. The average Bonchev–Trinajstić information content (AvgIpc) is 2.83. The maximum atomic E-state index is 4.71. The van der Waals surface area contributed by atoms with Crippen LogP contribution in [-0.4, -0.2) is 10.1 Å². The zero-order chi connectivity index (χ0) is 15.5. The van der Waals surface area contributed by atoms with Crippen molar-refractivity contribution in [2.45, 2.75) is 13.8 Å². The van der Waals surface area contributed by atoms with Crippen molar-refractivity contribution >= 4 is 45.0 Å². The zero-order valence-electron chi connectivity index (χ0n) is 12.5. The molecule has 3 rings (SSSR count). The van der Waals surface area contributed by atoms with Crippen LogP contribution in [0.2, 0.25) is 0 Å². The van der Waals surface area contributed by atoms with Gasteiger partial charge in [0.25, 0.3) is 0 Å². The Morgan fingerprint density at radius 3 is 1.41 bits per heavy atom. The van der Waals surface area contributed by atoms with E-state index in [1.54, 1.807) is 23.5 Å². The van der Waals surface area contributed by atoms with Crippen molar-refractivity contribution in [3.8, 4) is 0 Å². The summed E-state index contributed by atoms with van der Waals surface area (Å²) in [6.45, 7) is 8.18. The molecule has 2 nitrogen and oxygen atoms in total. The Bertz CT molecular complexity index is 691. The molecular weight excluding hydrogens is 308 g/mol. The molecule has 0 N–H and O–H groups in total. The Kier molecular flexibility index (Phi) is 4.50. The Balaban J connectivity index is 1.93. The summed E-state index contributed by atoms with van der Waals surface area (Å²) < 4.78 is 1.01. The largest absolute Gasteiger partial charge is 0.239 e. The molecule has 1 aliphatic rings. The highest BCUT2D eigenvalue weighted by atomic mass is 32.2. The van der Waals surface area contributed by atoms with Gasteiger partial charge in [0.15, 0.2) is 0 Å². The van der Waals surface area contributed by atoms with E-state index in [1.807, 2.05) is 24.3 Å². The molecule has 2 aromatic rings. The predicted molar refractivity (Wildman–Crippen MR) is 101 cm³/mol. The summed E-state index contributed by atoms with van der Waals surface area (Å²) in [7, 11) is 0. The van der Waals surface area contributed by atoms with E-state index >= 15 is 0 Å². The van der Waals surface area contributed by atoms with Crippen molar-refractivity contribution in [3.05, 3.63) is 70.5 Å². The lowest BCUT2D eigenvalue weighted by molar-refractivity contribution is 1.43. The van der Waals surface area contributed by atoms with Crippen molar-refractivity contribution in [2.24, 2.45) is 9.98 Å². The number of thioether (sulfide) groups is 2. The molecule has 0 atom stereocenters. The van der Waals surface area contributed by atoms with E-state index in [4.69, 9.17) is 9.98 Å². The maximum absolute atomic E-state index is 4.71. The van der Waals surface area contributed by atoms with Gasteiger partial charge in [0.05, 0.1) is 11.4 Å². The van der Waals surface area contributed by atoms with E-state index < -0.39 is 0 Å². The fraction of sp³-hybridized carbons (Fsp3) is 0.111. The summed E-state index contributed by atoms with van der Waals surface area (Å²) in [6, 6.07) is 16.4. The molecule has 0 radical (unpaired) electrons. The summed E-state index contributed by atoms with van der Waals surface area (Å²) in [5.41, 5.74) is 4.35. The first kappa shape index (κ1) is 15.1. The Hall–Kier alpha value is -1.78. The van der Waals surface area contributed by atoms with Gasteiger partial charge < -0.3 is 0 Å². The van der Waals surface area contributed by atoms with E-state index in [9.17, 15) is 0 Å². The molecule has 0 unspecified atom stereocenters. The van der Waals surface area contributed by atoms with Gasteiger partial charge in [-0.05, 0) is 38.1 Å². The van der Waals surface area contributed by atoms with Gasteiger partial charge in [0, 0.05) is 4.24 Å². The lowest BCUT2D eigenvalue weighted by Gasteiger charge is -2.00. The standard InChI is InChI=1S/C18H16N2S2/c1-12-4-8-15(9-5-12)19-17-18(22-14(3)21-17)20-16-10-6-13(2)7-11-16/h4-11H,3H2,1-2H3. The van der Waals surface area contributed by atoms with E-state index in [-0.39, 0.29) is 0 Å². The van der Waals surface area contributed by atoms with Crippen molar-refractivity contribution in [1.29, 1.82) is 0 Å². The second-order valence-corrected chi connectivity index (χ2v) is 7.51. The quantitative estimate of drug-likeness (QED) is 0.675. The minimum atomic E-state index is 0.916. The third kappa shape index (κ3) is 3.70. The van der Waals surface area contributed by atoms with E-state index in [0.717, 1.165) is 25.7 Å². The molecule has 1 aliphatic heterocycles. The fourth-order valence-electron chi connectivity index (χ4n) is 1.94. The number of aryl methyl sites for hydroxylation is 2. The van der Waals surface area contributed by atoms with E-state index in [2.05, 4.69) is 44.7 Å². The summed E-state index contributed by atoms with van der Waals surface area (Å²) in [4.78, 5) is 9.42. The molecule has 0 aromatic heterocycles. The summed E-state index contributed by atoms with van der Waals surface area (Å²) in [5, 5.41) is 1.83. The molecule has 22 heavy (non-hydrogen) atoms. The van der Waals surface area contributed by atoms with Crippen molar-refractivity contribution < 1.29 is 0 Å². The first-order valence-corrected chi connectivity index (χ1v) is 8.59. The van der Waals surface area contributed by atoms with Gasteiger partial charge in [-0.25, -0.2) is 9.98 Å². The van der Waals surface area contributed by atoms with Crippen molar-refractivity contribution in [2.75, 3.05) is 0 Å². The number of aliphatic imine (C=N–C) groups is 2. The maximum Gasteiger partial charge on any atom is 0.135 e. The third-order valence-electron chi connectivity index (χ3n) is 3.13. The number of benzene rings is 2. The second kappa shape index (κ2) is 6.55. The highest BCUT2D eigenvalue weighted by molar-refractivity contribution is 8.44. The smallest absolute Gasteiger partial charge is 0.135 e. The third-order valence-corrected chi connectivity index (χ3v) is 5.17. The molecule has 1 heterocycles. The molecule has 4 heteroatoms. The normalized spacial score (nSPS) is 18.4. The van der Waals surface area contributed by atoms with Crippen LogP contribution in [0.5, 0.6) is 0 Å². The SMILES string of the molecule is C=C1SC(=Nc2ccc(C)cc2)C(=Nc2ccc(C)cc2)S1. The van der Waals surface area contributed by atoms with Crippen molar-refractivity contribution in [1.82, 2.24) is 0 Å². The van der Waals surface area contributed by atoms with Gasteiger partial charge in [-0.15, -0.1) is 0 Å². The Morgan fingerprint density at radius 1 is 0.682 bits per heavy atom. The number of hydrogen-bond acceptors (Lipinski definition) is 4. The molecule has 0 spiro atoms. The van der Waals surface area contributed by atoms with Crippen LogP contribution < -0.4 is 0 Å². The first-order valence-electron chi connectivity index (χ1n) is 6.96. The number of rotatable bonds is 2. The molecular formula is C18H16N2S2. The molecule has 0 bridgehead atoms. The zero-order valence-corrected chi connectivity index (χ0v) is 14.2. The lowest BCUT2D eigenvalue weighted by atomic mass is 10.2. The Labute approximate surface area is 139 Å². The van der Waals surface area contributed by atoms with Crippen LogP contribution in [0.25, 0.3) is 0 Å². The highest BCUT2D eigenvalue weighted by Gasteiger charge is 2.22. The topological polar surface area (TPSA) is 24.7 Å². The minimum absolute atomic E-state index is 0.916. The van der Waals surface area contributed by atoms with Crippen LogP contribution >= 0.6 is 23.5 Å². The monoisotopic (exact) mass is 324 g/mol. The van der Waals surface area contributed by atoms with Crippen molar-refractivity contribution in [3.63, 3.8) is 0 Å².